The number of methoxy groups -OCH3 is 1. The maximum Gasteiger partial charge on any atom is 0.332 e. The summed E-state index contributed by atoms with van der Waals surface area (Å²) in [5, 5.41) is 103. The molecule has 41 heavy (non-hydrogen) atoms. The number of carbonyl (C=O) groups excluding carboxylic acids is 1. The van der Waals surface area contributed by atoms with Gasteiger partial charge in [-0.05, 0) is 0 Å². The fourth-order valence-corrected chi connectivity index (χ4v) is 5.07. The van der Waals surface area contributed by atoms with Crippen molar-refractivity contribution in [3.8, 4) is 0 Å². The molecule has 0 radical (unpaired) electrons. The molecule has 3 saturated heterocycles. The van der Waals surface area contributed by atoms with Crippen LogP contribution in [0.4, 0.5) is 0 Å². The lowest BCUT2D eigenvalue weighted by Crippen LogP contribution is -2.67. The van der Waals surface area contributed by atoms with Gasteiger partial charge in [-0.3, -0.25) is 4.79 Å². The van der Waals surface area contributed by atoms with Gasteiger partial charge in [0, 0.05) is 13.0 Å². The van der Waals surface area contributed by atoms with Gasteiger partial charge in [0.2, 0.25) is 0 Å². The molecule has 0 amide bonds. The van der Waals surface area contributed by atoms with E-state index in [9.17, 15) is 55.9 Å². The van der Waals surface area contributed by atoms with Gasteiger partial charge in [0.15, 0.2) is 12.6 Å². The van der Waals surface area contributed by atoms with Crippen molar-refractivity contribution in [2.45, 2.75) is 105 Å². The van der Waals surface area contributed by atoms with E-state index in [0.717, 1.165) is 0 Å². The van der Waals surface area contributed by atoms with Crippen LogP contribution in [0.15, 0.2) is 0 Å². The van der Waals surface area contributed by atoms with Crippen LogP contribution in [0.25, 0.3) is 0 Å². The summed E-state index contributed by atoms with van der Waals surface area (Å²) in [6.07, 6.45) is -23.6. The van der Waals surface area contributed by atoms with Crippen LogP contribution in [0.3, 0.4) is 0 Å². The smallest absolute Gasteiger partial charge is 0.332 e. The van der Waals surface area contributed by atoms with Gasteiger partial charge in [-0.25, -0.2) is 0 Å². The highest BCUT2D eigenvalue weighted by atomic mass is 16.9. The first-order valence-electron chi connectivity index (χ1n) is 12.9. The highest BCUT2D eigenvalue weighted by molar-refractivity contribution is 5.37. The van der Waals surface area contributed by atoms with Crippen molar-refractivity contribution in [1.82, 2.24) is 0 Å². The second-order valence-electron chi connectivity index (χ2n) is 10.2. The van der Waals surface area contributed by atoms with Crippen LogP contribution in [-0.4, -0.2) is 176 Å². The standard InChI is InChI=1S/C23H40O18/c1-8-9(28)3-23(36-7-27,40-18(8)13(30)10(29)4-24)41-20-14(31)11(5-25)37-22(17(20)34)39-19-12(6-26)38-21(35-2)16(33)15(19)32/h7-22,24-26,28-34H,3-6H2,1-2H3/t8-,9-,10-,11?,12?,13-,14+,15-,16?,17?,18?,19-,20+,21-,22+,23+/m1/s1. The summed E-state index contributed by atoms with van der Waals surface area (Å²) in [6.45, 7) is -1.16. The number of rotatable bonds is 12. The van der Waals surface area contributed by atoms with E-state index in [0.29, 0.717) is 0 Å². The molecule has 18 nitrogen and oxygen atoms in total. The Hall–Kier alpha value is -1.17. The molecule has 0 aliphatic carbocycles. The molecule has 18 heteroatoms. The first kappa shape index (κ1) is 34.3. The van der Waals surface area contributed by atoms with E-state index < -0.39 is 124 Å². The second-order valence-corrected chi connectivity index (χ2v) is 10.2. The van der Waals surface area contributed by atoms with Gasteiger partial charge >= 0.3 is 5.97 Å². The monoisotopic (exact) mass is 604 g/mol. The molecule has 0 aromatic heterocycles. The van der Waals surface area contributed by atoms with Crippen LogP contribution in [0.5, 0.6) is 0 Å². The lowest BCUT2D eigenvalue weighted by molar-refractivity contribution is -0.448. The van der Waals surface area contributed by atoms with Crippen LogP contribution >= 0.6 is 0 Å². The van der Waals surface area contributed by atoms with Crippen molar-refractivity contribution in [3.05, 3.63) is 0 Å². The minimum absolute atomic E-state index is 0.126. The molecule has 10 N–H and O–H groups in total. The molecular weight excluding hydrogens is 564 g/mol. The highest BCUT2D eigenvalue weighted by Gasteiger charge is 2.57. The molecule has 0 aromatic carbocycles. The van der Waals surface area contributed by atoms with Gasteiger partial charge in [-0.15, -0.1) is 0 Å². The quantitative estimate of drug-likeness (QED) is 0.0732. The maximum absolute atomic E-state index is 11.4. The molecule has 3 aliphatic heterocycles. The van der Waals surface area contributed by atoms with Crippen molar-refractivity contribution in [2.75, 3.05) is 26.9 Å². The lowest BCUT2D eigenvalue weighted by atomic mass is 9.87. The molecule has 3 heterocycles. The Kier molecular flexibility index (Phi) is 12.2. The molecule has 0 saturated carbocycles. The van der Waals surface area contributed by atoms with E-state index >= 15 is 0 Å². The van der Waals surface area contributed by atoms with E-state index in [2.05, 4.69) is 0 Å². The predicted molar refractivity (Wildman–Crippen MR) is 126 cm³/mol. The zero-order valence-corrected chi connectivity index (χ0v) is 22.3. The SMILES string of the molecule is CO[C@@H]1OC(CO)[C@@H](O[C@@H]2OC(CO)[C@H](O)[C@H](O[C@]3(OC=O)C[C@@H](O)[C@@H](C)C([C@H](O)[C@H](O)CO)O3)C2O)[C@H](O)C1O. The summed E-state index contributed by atoms with van der Waals surface area (Å²) in [5.41, 5.74) is 0. The van der Waals surface area contributed by atoms with Gasteiger partial charge in [0.1, 0.15) is 61.0 Å². The molecule has 240 valence electrons. The average molecular weight is 605 g/mol. The number of aliphatic hydroxyl groups excluding tert-OH is 10. The van der Waals surface area contributed by atoms with Gasteiger partial charge < -0.3 is 84.2 Å². The molecule has 5 unspecified atom stereocenters. The summed E-state index contributed by atoms with van der Waals surface area (Å²) >= 11 is 0. The molecule has 3 aliphatic rings. The fourth-order valence-electron chi connectivity index (χ4n) is 5.07. The van der Waals surface area contributed by atoms with Crippen molar-refractivity contribution in [2.24, 2.45) is 5.92 Å². The van der Waals surface area contributed by atoms with Gasteiger partial charge in [-0.1, -0.05) is 6.92 Å². The zero-order valence-electron chi connectivity index (χ0n) is 22.3. The summed E-state index contributed by atoms with van der Waals surface area (Å²) in [7, 11) is 1.19. The zero-order chi connectivity index (χ0) is 30.6. The second kappa shape index (κ2) is 14.5. The third-order valence-electron chi connectivity index (χ3n) is 7.53. The first-order chi connectivity index (χ1) is 19.4. The summed E-state index contributed by atoms with van der Waals surface area (Å²) in [6, 6.07) is 0. The summed E-state index contributed by atoms with van der Waals surface area (Å²) < 4.78 is 37.7. The minimum Gasteiger partial charge on any atom is -0.410 e. The molecule has 3 fully saturated rings. The summed E-state index contributed by atoms with van der Waals surface area (Å²) in [5.74, 6) is -3.47. The fraction of sp³-hybridized carbons (Fsp3) is 0.957. The number of aliphatic hydroxyl groups is 10. The third-order valence-corrected chi connectivity index (χ3v) is 7.53. The van der Waals surface area contributed by atoms with E-state index in [1.165, 1.54) is 14.0 Å². The maximum atomic E-state index is 11.4. The van der Waals surface area contributed by atoms with Crippen LogP contribution in [0.1, 0.15) is 13.3 Å². The van der Waals surface area contributed by atoms with E-state index in [1.807, 2.05) is 0 Å². The van der Waals surface area contributed by atoms with Crippen LogP contribution in [-0.2, 0) is 38.0 Å². The Labute approximate surface area is 234 Å². The Bertz CT molecular complexity index is 819. The third kappa shape index (κ3) is 7.15. The van der Waals surface area contributed by atoms with Crippen molar-refractivity contribution in [3.63, 3.8) is 0 Å². The predicted octanol–water partition coefficient (Wildman–Crippen LogP) is -6.39. The summed E-state index contributed by atoms with van der Waals surface area (Å²) in [4.78, 5) is 11.4. The van der Waals surface area contributed by atoms with Crippen molar-refractivity contribution >= 4 is 6.47 Å². The first-order valence-corrected chi connectivity index (χ1v) is 12.9. The Morgan fingerprint density at radius 2 is 1.54 bits per heavy atom. The van der Waals surface area contributed by atoms with Gasteiger partial charge in [0.05, 0.1) is 38.4 Å². The largest absolute Gasteiger partial charge is 0.410 e. The molecule has 0 spiro atoms. The van der Waals surface area contributed by atoms with Crippen molar-refractivity contribution < 1.29 is 89.0 Å². The topological polar surface area (TPSA) is 284 Å². The Morgan fingerprint density at radius 3 is 2.10 bits per heavy atom. The van der Waals surface area contributed by atoms with Crippen LogP contribution < -0.4 is 0 Å². The Balaban J connectivity index is 1.89. The van der Waals surface area contributed by atoms with Crippen LogP contribution in [0, 0.1) is 5.92 Å². The average Bonchev–Trinajstić information content (AvgIpc) is 2.96. The number of ether oxygens (including phenoxy) is 7. The number of carbonyl (C=O) groups is 1. The lowest BCUT2D eigenvalue weighted by Gasteiger charge is -2.50. The molecule has 0 aromatic rings. The van der Waals surface area contributed by atoms with E-state index in [1.54, 1.807) is 0 Å². The minimum atomic E-state index is -2.58. The molecule has 16 atom stereocenters. The number of hydrogen-bond acceptors (Lipinski definition) is 18. The molecule has 0 bridgehead atoms. The van der Waals surface area contributed by atoms with Gasteiger partial charge in [-0.2, -0.15) is 0 Å². The normalized spacial score (nSPS) is 47.0. The van der Waals surface area contributed by atoms with E-state index in [-0.39, 0.29) is 6.47 Å². The molecule has 3 rings (SSSR count). The van der Waals surface area contributed by atoms with Crippen molar-refractivity contribution in [1.29, 1.82) is 0 Å². The highest BCUT2D eigenvalue weighted by Crippen LogP contribution is 2.40. The van der Waals surface area contributed by atoms with Crippen LogP contribution in [0.2, 0.25) is 0 Å². The Morgan fingerprint density at radius 1 is 0.902 bits per heavy atom. The number of hydrogen-bond donors (Lipinski definition) is 10. The molecular formula is C23H40O18. The van der Waals surface area contributed by atoms with Gasteiger partial charge in [0.25, 0.3) is 6.47 Å². The van der Waals surface area contributed by atoms with E-state index in [4.69, 9.17) is 33.2 Å².